The van der Waals surface area contributed by atoms with Gasteiger partial charge in [-0.1, -0.05) is 132 Å². The number of aromatic nitrogens is 2. The van der Waals surface area contributed by atoms with Crippen LogP contribution in [-0.2, 0) is 31.9 Å². The van der Waals surface area contributed by atoms with Crippen LogP contribution in [0.1, 0.15) is 58.2 Å². The van der Waals surface area contributed by atoms with Crippen molar-refractivity contribution in [3.8, 4) is 39.6 Å². The molecule has 3 heterocycles. The van der Waals surface area contributed by atoms with Crippen LogP contribution in [0.15, 0.2) is 158 Å². The molecule has 0 saturated carbocycles. The minimum Gasteiger partial charge on any atom is -0.509 e. The average Bonchev–Trinajstić information content (AvgIpc) is 3.82. The molecule has 0 saturated heterocycles. The van der Waals surface area contributed by atoms with E-state index >= 15 is 0 Å². The van der Waals surface area contributed by atoms with Crippen LogP contribution in [-0.4, -0.2) is 9.55 Å². The fraction of sp³-hybridized carbons (Fsp3) is 0.158. The Morgan fingerprint density at radius 3 is 2.06 bits per heavy atom. The Morgan fingerprint density at radius 2 is 1.31 bits per heavy atom. The predicted molar refractivity (Wildman–Crippen MR) is 257 cm³/mol. The van der Waals surface area contributed by atoms with Crippen molar-refractivity contribution in [2.75, 3.05) is 9.80 Å². The third-order valence-corrected chi connectivity index (χ3v) is 12.0. The Kier molecular flexibility index (Phi) is 11.1. The molecule has 7 aromatic carbocycles. The smallest absolute Gasteiger partial charge is 0.135 e. The molecule has 2 aromatic heterocycles. The van der Waals surface area contributed by atoms with Gasteiger partial charge in [-0.05, 0) is 93.4 Å². The first-order valence-electron chi connectivity index (χ1n) is 21.5. The van der Waals surface area contributed by atoms with Gasteiger partial charge in [-0.3, -0.25) is 0 Å². The second-order valence-electron chi connectivity index (χ2n) is 18.4. The van der Waals surface area contributed by atoms with Gasteiger partial charge in [0.15, 0.2) is 0 Å². The Balaban J connectivity index is 0.00000518. The molecule has 1 aliphatic heterocycles. The number of aryl methyl sites for hydroxylation is 1. The van der Waals surface area contributed by atoms with Crippen LogP contribution >= 0.6 is 0 Å². The zero-order chi connectivity index (χ0) is 43.6. The van der Waals surface area contributed by atoms with Crippen LogP contribution in [0.25, 0.3) is 49.9 Å². The summed E-state index contributed by atoms with van der Waals surface area (Å²) in [7, 11) is 0. The molecule has 10 rings (SSSR count). The van der Waals surface area contributed by atoms with Crippen molar-refractivity contribution in [1.29, 1.82) is 0 Å². The molecule has 322 valence electrons. The van der Waals surface area contributed by atoms with E-state index in [0.29, 0.717) is 11.5 Å². The van der Waals surface area contributed by atoms with Crippen molar-refractivity contribution >= 4 is 44.6 Å². The number of nitrogens with zero attached hydrogens (tertiary/aromatic N) is 4. The predicted octanol–water partition coefficient (Wildman–Crippen LogP) is 15.4. The minimum absolute atomic E-state index is 0. The van der Waals surface area contributed by atoms with E-state index in [1.54, 1.807) is 0 Å². The molecule has 1 aliphatic rings. The number of halogens is 1. The molecule has 9 aromatic rings. The zero-order valence-corrected chi connectivity index (χ0v) is 39.3. The van der Waals surface area contributed by atoms with Gasteiger partial charge in [0.1, 0.15) is 11.6 Å². The summed E-state index contributed by atoms with van der Waals surface area (Å²) in [6.07, 6.45) is 1.89. The first-order chi connectivity index (χ1) is 30.3. The van der Waals surface area contributed by atoms with E-state index < -0.39 is 0 Å². The van der Waals surface area contributed by atoms with Crippen LogP contribution in [0.2, 0.25) is 0 Å². The molecule has 0 amide bonds. The number of hydrogen-bond donors (Lipinski definition) is 0. The number of para-hydroxylation sites is 4. The molecule has 0 unspecified atom stereocenters. The number of anilines is 4. The summed E-state index contributed by atoms with van der Waals surface area (Å²) < 4.78 is 23.3. The van der Waals surface area contributed by atoms with Crippen molar-refractivity contribution in [2.24, 2.45) is 0 Å². The number of rotatable bonds is 7. The average molecular weight is 1020 g/mol. The van der Waals surface area contributed by atoms with Crippen LogP contribution in [0, 0.1) is 31.5 Å². The van der Waals surface area contributed by atoms with E-state index in [1.165, 1.54) is 23.3 Å². The first kappa shape index (κ1) is 42.8. The van der Waals surface area contributed by atoms with E-state index in [4.69, 9.17) is 9.72 Å². The van der Waals surface area contributed by atoms with Gasteiger partial charge in [0, 0.05) is 66.9 Å². The number of hydrogen-bond acceptors (Lipinski definition) is 4. The molecule has 0 fully saturated rings. The minimum atomic E-state index is -0.263. The number of fused-ring (bicyclic) bond motifs is 4. The maximum atomic E-state index is 14.3. The summed E-state index contributed by atoms with van der Waals surface area (Å²) in [5.74, 6) is 1.70. The quantitative estimate of drug-likeness (QED) is 0.149. The Labute approximate surface area is 390 Å². The van der Waals surface area contributed by atoms with Crippen molar-refractivity contribution < 1.29 is 30.2 Å². The second-order valence-corrected chi connectivity index (χ2v) is 18.4. The molecule has 0 spiro atoms. The van der Waals surface area contributed by atoms with Gasteiger partial charge in [0.2, 0.25) is 0 Å². The van der Waals surface area contributed by atoms with Crippen LogP contribution in [0.3, 0.4) is 0 Å². The van der Waals surface area contributed by atoms with Gasteiger partial charge in [0.05, 0.1) is 0 Å². The largest absolute Gasteiger partial charge is 0.509 e. The van der Waals surface area contributed by atoms with Gasteiger partial charge < -0.3 is 19.1 Å². The zero-order valence-electron chi connectivity index (χ0n) is 37.0. The van der Waals surface area contributed by atoms with Crippen molar-refractivity contribution in [3.05, 3.63) is 199 Å². The molecular formula is C57H48FN4OPt-3. The summed E-state index contributed by atoms with van der Waals surface area (Å²) in [6.45, 7) is 17.6. The molecule has 7 heteroatoms. The molecule has 0 atom stereocenters. The number of benzene rings is 7. The van der Waals surface area contributed by atoms with E-state index in [0.717, 1.165) is 78.2 Å². The van der Waals surface area contributed by atoms with E-state index in [1.807, 2.05) is 24.4 Å². The van der Waals surface area contributed by atoms with Crippen LogP contribution in [0.5, 0.6) is 11.5 Å². The monoisotopic (exact) mass is 1020 g/mol. The van der Waals surface area contributed by atoms with Gasteiger partial charge >= 0.3 is 0 Å². The summed E-state index contributed by atoms with van der Waals surface area (Å²) in [5.41, 5.74) is 13.1. The van der Waals surface area contributed by atoms with E-state index in [9.17, 15) is 4.39 Å². The van der Waals surface area contributed by atoms with Crippen molar-refractivity contribution in [1.82, 2.24) is 9.55 Å². The maximum absolute atomic E-state index is 14.3. The molecule has 0 bridgehead atoms. The fourth-order valence-electron chi connectivity index (χ4n) is 8.82. The molecular weight excluding hydrogens is 971 g/mol. The third kappa shape index (κ3) is 7.79. The molecule has 0 N–H and O–H groups in total. The number of pyridine rings is 1. The van der Waals surface area contributed by atoms with E-state index in [-0.39, 0.29) is 37.7 Å². The maximum Gasteiger partial charge on any atom is 0.135 e. The summed E-state index contributed by atoms with van der Waals surface area (Å²) in [6, 6.07) is 58.4. The van der Waals surface area contributed by atoms with Crippen LogP contribution < -0.4 is 14.5 Å². The third-order valence-electron chi connectivity index (χ3n) is 12.0. The fourth-order valence-corrected chi connectivity index (χ4v) is 8.82. The summed E-state index contributed by atoms with van der Waals surface area (Å²) >= 11 is 0. The Morgan fingerprint density at radius 1 is 0.609 bits per heavy atom. The normalized spacial score (nSPS) is 12.8. The SMILES string of the molecule is Cc1ccccc1-c1cc(Oc2[c-]c3c(cc2)c2ccccc2n3-c2cc(C(C)(C)C)ccn2)[c-]c(N2[CH-]N(c3c(-c4ccc(F)cc4)cccc3C(C)(C)C)c3ccccc32)c1.[Pt]. The van der Waals surface area contributed by atoms with Gasteiger partial charge in [0.25, 0.3) is 0 Å². The topological polar surface area (TPSA) is 33.5 Å². The molecule has 0 radical (unpaired) electrons. The molecule has 0 aliphatic carbocycles. The molecule has 64 heavy (non-hydrogen) atoms. The van der Waals surface area contributed by atoms with Gasteiger partial charge in [-0.15, -0.1) is 53.6 Å². The summed E-state index contributed by atoms with van der Waals surface area (Å²) in [5, 5.41) is 2.19. The van der Waals surface area contributed by atoms with E-state index in [2.05, 4.69) is 203 Å². The number of ether oxygens (including phenoxy) is 1. The van der Waals surface area contributed by atoms with Gasteiger partial charge in [-0.25, -0.2) is 9.37 Å². The first-order valence-corrected chi connectivity index (χ1v) is 21.5. The second kappa shape index (κ2) is 16.6. The Hall–Kier alpha value is -6.49. The molecule has 5 nitrogen and oxygen atoms in total. The van der Waals surface area contributed by atoms with Gasteiger partial charge in [-0.2, -0.15) is 6.07 Å². The summed E-state index contributed by atoms with van der Waals surface area (Å²) in [4.78, 5) is 9.34. The standard InChI is InChI=1S/C57H48FN4O.Pt/c1-37-15-8-9-16-45(37)39-31-42(60-36-61(52-22-13-12-21-51(52)60)55-46(38-23-25-41(58)26-24-38)18-14-19-49(55)57(5,6)7)34-44(32-39)63-43-27-28-48-47-17-10-11-20-50(47)62(53(48)35-43)54-33-40(29-30-59-54)56(2,3)4;/h8-33,36H,1-7H3;/q-3;. The van der Waals surface area contributed by atoms with Crippen molar-refractivity contribution in [3.63, 3.8) is 0 Å². The van der Waals surface area contributed by atoms with Crippen LogP contribution in [0.4, 0.5) is 27.1 Å². The van der Waals surface area contributed by atoms with Crippen molar-refractivity contribution in [2.45, 2.75) is 59.3 Å². The Bertz CT molecular complexity index is 3190.